The summed E-state index contributed by atoms with van der Waals surface area (Å²) in [5, 5.41) is 7.14. The van der Waals surface area contributed by atoms with Crippen LogP contribution >= 0.6 is 22.9 Å². The number of para-hydroxylation sites is 1. The number of rotatable bonds is 2. The maximum absolute atomic E-state index is 13.8. The molecule has 36 heavy (non-hydrogen) atoms. The van der Waals surface area contributed by atoms with Crippen molar-refractivity contribution in [1.29, 1.82) is 0 Å². The highest BCUT2D eigenvalue weighted by Crippen LogP contribution is 2.43. The van der Waals surface area contributed by atoms with E-state index in [1.807, 2.05) is 38.1 Å². The van der Waals surface area contributed by atoms with E-state index in [2.05, 4.69) is 10.6 Å². The Morgan fingerprint density at radius 2 is 1.92 bits per heavy atom. The number of hydrogen-bond acceptors (Lipinski definition) is 4. The van der Waals surface area contributed by atoms with Gasteiger partial charge in [-0.15, -0.1) is 11.3 Å². The standard InChI is InChI=1S/C27H21ClFN3O3S/c1-27(2)10-17-21(19(33)11-27)23(31-26(35)30-17)16-12-32(18-6-4-3-5-14(16)18)25(34)24-22(28)15-9-13(29)7-8-20(15)36-24/h3-9,12,23H,10-11H2,1-2H3,(H2,30,31,35). The average Bonchev–Trinajstić information content (AvgIpc) is 3.35. The van der Waals surface area contributed by atoms with Crippen molar-refractivity contribution in [2.45, 2.75) is 32.7 Å². The number of fused-ring (bicyclic) bond motifs is 2. The number of carbonyl (C=O) groups is 3. The molecule has 2 aliphatic rings. The molecule has 2 aromatic heterocycles. The molecule has 0 saturated heterocycles. The molecule has 1 unspecified atom stereocenters. The number of hydrogen-bond donors (Lipinski definition) is 2. The molecule has 1 aliphatic heterocycles. The van der Waals surface area contributed by atoms with Crippen LogP contribution in [0.4, 0.5) is 9.18 Å². The van der Waals surface area contributed by atoms with Gasteiger partial charge in [0, 0.05) is 44.9 Å². The molecule has 3 heterocycles. The number of halogens is 2. The SMILES string of the molecule is CC1(C)CC(=O)C2=C(C1)NC(=O)NC2c1cn(C(=O)c2sc3ccc(F)cc3c2Cl)c2ccccc12. The predicted octanol–water partition coefficient (Wildman–Crippen LogP) is 6.33. The summed E-state index contributed by atoms with van der Waals surface area (Å²) in [6.45, 7) is 4.01. The molecule has 0 radical (unpaired) electrons. The minimum absolute atomic E-state index is 0.0310. The average molecular weight is 522 g/mol. The van der Waals surface area contributed by atoms with E-state index in [4.69, 9.17) is 11.6 Å². The number of carbonyl (C=O) groups excluding carboxylic acids is 3. The third-order valence-corrected chi connectivity index (χ3v) is 8.47. The van der Waals surface area contributed by atoms with Crippen molar-refractivity contribution in [3.63, 3.8) is 0 Å². The normalized spacial score (nSPS) is 19.4. The van der Waals surface area contributed by atoms with Crippen molar-refractivity contribution in [1.82, 2.24) is 15.2 Å². The fraction of sp³-hybridized carbons (Fsp3) is 0.222. The molecule has 0 fully saturated rings. The molecule has 6 nitrogen and oxygen atoms in total. The Morgan fingerprint density at radius 3 is 2.72 bits per heavy atom. The second kappa shape index (κ2) is 8.01. The van der Waals surface area contributed by atoms with Crippen molar-refractivity contribution in [2.75, 3.05) is 0 Å². The molecule has 2 amide bonds. The van der Waals surface area contributed by atoms with Crippen LogP contribution < -0.4 is 10.6 Å². The fourth-order valence-corrected chi connectivity index (χ4v) is 6.70. The number of nitrogens with one attached hydrogen (secondary N) is 2. The van der Waals surface area contributed by atoms with Gasteiger partial charge in [0.2, 0.25) is 0 Å². The zero-order valence-corrected chi connectivity index (χ0v) is 21.0. The molecule has 4 aromatic rings. The van der Waals surface area contributed by atoms with E-state index in [-0.39, 0.29) is 33.0 Å². The van der Waals surface area contributed by atoms with E-state index < -0.39 is 11.9 Å². The number of urea groups is 1. The minimum Gasteiger partial charge on any atom is -0.327 e. The lowest BCUT2D eigenvalue weighted by Gasteiger charge is -2.38. The van der Waals surface area contributed by atoms with E-state index in [9.17, 15) is 18.8 Å². The lowest BCUT2D eigenvalue weighted by Crippen LogP contribution is -2.48. The molecule has 0 saturated carbocycles. The summed E-state index contributed by atoms with van der Waals surface area (Å²) in [6, 6.07) is 10.5. The first-order valence-electron chi connectivity index (χ1n) is 11.5. The maximum Gasteiger partial charge on any atom is 0.319 e. The van der Waals surface area contributed by atoms with Gasteiger partial charge in [-0.1, -0.05) is 43.6 Å². The molecule has 2 N–H and O–H groups in total. The fourth-order valence-electron chi connectivity index (χ4n) is 5.28. The summed E-state index contributed by atoms with van der Waals surface area (Å²) < 4.78 is 16.0. The van der Waals surface area contributed by atoms with Crippen LogP contribution in [0.25, 0.3) is 21.0 Å². The van der Waals surface area contributed by atoms with Gasteiger partial charge in [-0.2, -0.15) is 0 Å². The Hall–Kier alpha value is -3.49. The highest BCUT2D eigenvalue weighted by Gasteiger charge is 2.41. The van der Waals surface area contributed by atoms with Gasteiger partial charge in [-0.25, -0.2) is 9.18 Å². The topological polar surface area (TPSA) is 80.2 Å². The van der Waals surface area contributed by atoms with Crippen LogP contribution in [0.2, 0.25) is 5.02 Å². The van der Waals surface area contributed by atoms with Crippen molar-refractivity contribution in [3.05, 3.63) is 81.2 Å². The van der Waals surface area contributed by atoms with E-state index in [0.717, 1.165) is 5.39 Å². The predicted molar refractivity (Wildman–Crippen MR) is 138 cm³/mol. The number of thiophene rings is 1. The highest BCUT2D eigenvalue weighted by molar-refractivity contribution is 7.21. The van der Waals surface area contributed by atoms with Crippen LogP contribution in [-0.2, 0) is 4.79 Å². The first-order valence-corrected chi connectivity index (χ1v) is 12.7. The van der Waals surface area contributed by atoms with Gasteiger partial charge in [0.1, 0.15) is 10.7 Å². The minimum atomic E-state index is -0.691. The molecule has 0 bridgehead atoms. The van der Waals surface area contributed by atoms with Gasteiger partial charge in [-0.05, 0) is 36.1 Å². The molecular weight excluding hydrogens is 501 g/mol. The summed E-state index contributed by atoms with van der Waals surface area (Å²) in [5.41, 5.74) is 2.17. The van der Waals surface area contributed by atoms with Crippen LogP contribution in [0.1, 0.15) is 48.0 Å². The van der Waals surface area contributed by atoms with E-state index in [1.165, 1.54) is 28.0 Å². The quantitative estimate of drug-likeness (QED) is 0.323. The van der Waals surface area contributed by atoms with Crippen molar-refractivity contribution < 1.29 is 18.8 Å². The molecule has 2 aromatic carbocycles. The van der Waals surface area contributed by atoms with Gasteiger partial charge >= 0.3 is 6.03 Å². The number of amides is 2. The van der Waals surface area contributed by atoms with Crippen LogP contribution in [0, 0.1) is 11.2 Å². The van der Waals surface area contributed by atoms with Crippen LogP contribution in [0.15, 0.2) is 59.9 Å². The largest absolute Gasteiger partial charge is 0.327 e. The highest BCUT2D eigenvalue weighted by atomic mass is 35.5. The molecular formula is C27H21ClFN3O3S. The third kappa shape index (κ3) is 3.55. The lowest BCUT2D eigenvalue weighted by molar-refractivity contribution is -0.118. The maximum atomic E-state index is 13.8. The second-order valence-electron chi connectivity index (χ2n) is 10.0. The first kappa shape index (κ1) is 22.9. The third-order valence-electron chi connectivity index (χ3n) is 6.80. The summed E-state index contributed by atoms with van der Waals surface area (Å²) in [5.74, 6) is -0.827. The Bertz CT molecular complexity index is 1670. The number of aromatic nitrogens is 1. The summed E-state index contributed by atoms with van der Waals surface area (Å²) >= 11 is 7.72. The monoisotopic (exact) mass is 521 g/mol. The van der Waals surface area contributed by atoms with Gasteiger partial charge < -0.3 is 10.6 Å². The van der Waals surface area contributed by atoms with Crippen LogP contribution in [0.3, 0.4) is 0 Å². The van der Waals surface area contributed by atoms with E-state index in [1.54, 1.807) is 12.3 Å². The Labute approximate surface area is 214 Å². The number of benzene rings is 2. The summed E-state index contributed by atoms with van der Waals surface area (Å²) in [7, 11) is 0. The summed E-state index contributed by atoms with van der Waals surface area (Å²) in [6.07, 6.45) is 2.61. The van der Waals surface area contributed by atoms with Crippen molar-refractivity contribution in [2.24, 2.45) is 5.41 Å². The zero-order chi connectivity index (χ0) is 25.4. The molecule has 1 atom stereocenters. The molecule has 6 rings (SSSR count). The first-order chi connectivity index (χ1) is 17.1. The van der Waals surface area contributed by atoms with Gasteiger partial charge in [0.15, 0.2) is 5.78 Å². The molecule has 0 spiro atoms. The lowest BCUT2D eigenvalue weighted by atomic mass is 9.73. The molecule has 9 heteroatoms. The molecule has 182 valence electrons. The number of ketones is 1. The van der Waals surface area contributed by atoms with Crippen molar-refractivity contribution >= 4 is 61.6 Å². The zero-order valence-electron chi connectivity index (χ0n) is 19.4. The van der Waals surface area contributed by atoms with E-state index >= 15 is 0 Å². The van der Waals surface area contributed by atoms with E-state index in [0.29, 0.717) is 45.3 Å². The number of nitrogens with zero attached hydrogens (tertiary/aromatic N) is 1. The smallest absolute Gasteiger partial charge is 0.319 e. The summed E-state index contributed by atoms with van der Waals surface area (Å²) in [4.78, 5) is 39.9. The second-order valence-corrected chi connectivity index (χ2v) is 11.5. The van der Waals surface area contributed by atoms with Crippen LogP contribution in [0.5, 0.6) is 0 Å². The Balaban J connectivity index is 1.52. The van der Waals surface area contributed by atoms with Crippen LogP contribution in [-0.4, -0.2) is 22.3 Å². The number of Topliss-reactive ketones (excluding diaryl/α,β-unsaturated/α-hetero) is 1. The van der Waals surface area contributed by atoms with Gasteiger partial charge in [-0.3, -0.25) is 14.2 Å². The van der Waals surface area contributed by atoms with Crippen molar-refractivity contribution in [3.8, 4) is 0 Å². The number of allylic oxidation sites excluding steroid dienone is 1. The molecule has 1 aliphatic carbocycles. The van der Waals surface area contributed by atoms with Gasteiger partial charge in [0.25, 0.3) is 5.91 Å². The Kier molecular flexibility index (Phi) is 5.10. The van der Waals surface area contributed by atoms with Gasteiger partial charge in [0.05, 0.1) is 16.6 Å². The Morgan fingerprint density at radius 1 is 1.14 bits per heavy atom.